The highest BCUT2D eigenvalue weighted by atomic mass is 79.9. The van der Waals surface area contributed by atoms with E-state index in [1.807, 2.05) is 19.1 Å². The summed E-state index contributed by atoms with van der Waals surface area (Å²) >= 11 is 5.12. The van der Waals surface area contributed by atoms with Gasteiger partial charge in [-0.3, -0.25) is 10.1 Å². The van der Waals surface area contributed by atoms with Crippen LogP contribution in [0.25, 0.3) is 0 Å². The van der Waals surface area contributed by atoms with Gasteiger partial charge >= 0.3 is 5.97 Å². The van der Waals surface area contributed by atoms with Crippen LogP contribution in [0.15, 0.2) is 27.8 Å². The standard InChI is InChI=1S/C14H19BrN2O2S/c1-14(13(18)19-2,17-10-5-6-10)7-9-20-12-11(15)4-3-8-16-12/h3-4,8,10,17H,5-7,9H2,1-2H3. The Morgan fingerprint density at radius 1 is 1.65 bits per heavy atom. The predicted octanol–water partition coefficient (Wildman–Crippen LogP) is 3.01. The van der Waals surface area contributed by atoms with Gasteiger partial charge in [-0.15, -0.1) is 11.8 Å². The average Bonchev–Trinajstić information content (AvgIpc) is 3.23. The first kappa shape index (κ1) is 15.8. The van der Waals surface area contributed by atoms with E-state index in [9.17, 15) is 4.79 Å². The van der Waals surface area contributed by atoms with E-state index in [-0.39, 0.29) is 5.97 Å². The molecule has 0 aliphatic heterocycles. The molecule has 0 amide bonds. The smallest absolute Gasteiger partial charge is 0.325 e. The summed E-state index contributed by atoms with van der Waals surface area (Å²) in [5.74, 6) is 0.617. The van der Waals surface area contributed by atoms with Crippen molar-refractivity contribution in [3.05, 3.63) is 22.8 Å². The van der Waals surface area contributed by atoms with Gasteiger partial charge in [0.25, 0.3) is 0 Å². The van der Waals surface area contributed by atoms with E-state index in [0.29, 0.717) is 12.5 Å². The molecule has 1 fully saturated rings. The fourth-order valence-corrected chi connectivity index (χ4v) is 3.61. The lowest BCUT2D eigenvalue weighted by Gasteiger charge is -2.28. The molecule has 1 N–H and O–H groups in total. The molecule has 6 heteroatoms. The number of nitrogens with one attached hydrogen (secondary N) is 1. The number of pyridine rings is 1. The number of rotatable bonds is 7. The second-order valence-electron chi connectivity index (χ2n) is 5.13. The first-order valence-electron chi connectivity index (χ1n) is 6.64. The van der Waals surface area contributed by atoms with Crippen molar-refractivity contribution in [1.82, 2.24) is 10.3 Å². The van der Waals surface area contributed by atoms with Gasteiger partial charge in [0.1, 0.15) is 10.6 Å². The highest BCUT2D eigenvalue weighted by Gasteiger charge is 2.38. The minimum atomic E-state index is -0.607. The minimum absolute atomic E-state index is 0.190. The van der Waals surface area contributed by atoms with Crippen LogP contribution in [0.5, 0.6) is 0 Å². The quantitative estimate of drug-likeness (QED) is 0.599. The van der Waals surface area contributed by atoms with Gasteiger partial charge in [0, 0.05) is 22.5 Å². The van der Waals surface area contributed by atoms with Crippen LogP contribution < -0.4 is 5.32 Å². The van der Waals surface area contributed by atoms with Crippen LogP contribution in [-0.2, 0) is 9.53 Å². The molecule has 20 heavy (non-hydrogen) atoms. The third-order valence-corrected chi connectivity index (χ3v) is 5.21. The molecule has 0 radical (unpaired) electrons. The minimum Gasteiger partial charge on any atom is -0.468 e. The lowest BCUT2D eigenvalue weighted by atomic mass is 9.99. The Bertz CT molecular complexity index is 482. The van der Waals surface area contributed by atoms with Crippen molar-refractivity contribution in [2.24, 2.45) is 0 Å². The molecular formula is C14H19BrN2O2S. The van der Waals surface area contributed by atoms with Gasteiger partial charge in [0.2, 0.25) is 0 Å². The van der Waals surface area contributed by atoms with Crippen molar-refractivity contribution in [1.29, 1.82) is 0 Å². The third kappa shape index (κ3) is 4.20. The SMILES string of the molecule is COC(=O)C(C)(CCSc1ncccc1Br)NC1CC1. The molecule has 1 saturated carbocycles. The number of hydrogen-bond donors (Lipinski definition) is 1. The van der Waals surface area contributed by atoms with Crippen LogP contribution in [0, 0.1) is 0 Å². The van der Waals surface area contributed by atoms with Crippen molar-refractivity contribution in [2.75, 3.05) is 12.9 Å². The summed E-state index contributed by atoms with van der Waals surface area (Å²) in [6, 6.07) is 4.32. The number of aromatic nitrogens is 1. The van der Waals surface area contributed by atoms with Crippen LogP contribution in [0.4, 0.5) is 0 Å². The lowest BCUT2D eigenvalue weighted by molar-refractivity contribution is -0.148. The zero-order chi connectivity index (χ0) is 14.6. The Labute approximate surface area is 132 Å². The normalized spacial score (nSPS) is 17.6. The van der Waals surface area contributed by atoms with E-state index < -0.39 is 5.54 Å². The van der Waals surface area contributed by atoms with Crippen molar-refractivity contribution < 1.29 is 9.53 Å². The number of hydrogen-bond acceptors (Lipinski definition) is 5. The lowest BCUT2D eigenvalue weighted by Crippen LogP contribution is -2.51. The first-order valence-corrected chi connectivity index (χ1v) is 8.42. The van der Waals surface area contributed by atoms with E-state index in [1.54, 1.807) is 18.0 Å². The Balaban J connectivity index is 1.91. The summed E-state index contributed by atoms with van der Waals surface area (Å²) in [6.45, 7) is 1.92. The molecule has 1 unspecified atom stereocenters. The van der Waals surface area contributed by atoms with E-state index >= 15 is 0 Å². The second kappa shape index (κ2) is 6.91. The van der Waals surface area contributed by atoms with Gasteiger partial charge in [-0.2, -0.15) is 0 Å². The highest BCUT2D eigenvalue weighted by Crippen LogP contribution is 2.29. The number of methoxy groups -OCH3 is 1. The van der Waals surface area contributed by atoms with E-state index in [1.165, 1.54) is 7.11 Å². The van der Waals surface area contributed by atoms with E-state index in [4.69, 9.17) is 4.74 Å². The topological polar surface area (TPSA) is 51.2 Å². The molecule has 1 aliphatic carbocycles. The van der Waals surface area contributed by atoms with E-state index in [2.05, 4.69) is 26.2 Å². The molecular weight excluding hydrogens is 340 g/mol. The van der Waals surface area contributed by atoms with Gasteiger partial charge < -0.3 is 4.74 Å². The maximum absolute atomic E-state index is 12.0. The Morgan fingerprint density at radius 2 is 2.40 bits per heavy atom. The molecule has 0 bridgehead atoms. The monoisotopic (exact) mass is 358 g/mol. The molecule has 0 spiro atoms. The molecule has 1 atom stereocenters. The van der Waals surface area contributed by atoms with Crippen LogP contribution in [-0.4, -0.2) is 35.4 Å². The summed E-state index contributed by atoms with van der Waals surface area (Å²) in [5.41, 5.74) is -0.607. The van der Waals surface area contributed by atoms with E-state index in [0.717, 1.165) is 28.1 Å². The van der Waals surface area contributed by atoms with Crippen LogP contribution in [0.1, 0.15) is 26.2 Å². The Kier molecular flexibility index (Phi) is 5.46. The van der Waals surface area contributed by atoms with Gasteiger partial charge in [0.05, 0.1) is 7.11 Å². The summed E-state index contributed by atoms with van der Waals surface area (Å²) in [4.78, 5) is 16.3. The fourth-order valence-electron chi connectivity index (χ4n) is 1.97. The summed E-state index contributed by atoms with van der Waals surface area (Å²) < 4.78 is 5.92. The maximum Gasteiger partial charge on any atom is 0.325 e. The van der Waals surface area contributed by atoms with Crippen LogP contribution >= 0.6 is 27.7 Å². The number of esters is 1. The van der Waals surface area contributed by atoms with Gasteiger partial charge in [-0.25, -0.2) is 4.98 Å². The average molecular weight is 359 g/mol. The molecule has 1 aromatic heterocycles. The Morgan fingerprint density at radius 3 is 3.00 bits per heavy atom. The second-order valence-corrected chi connectivity index (χ2v) is 7.07. The molecule has 0 aromatic carbocycles. The number of carbonyl (C=O) groups is 1. The van der Waals surface area contributed by atoms with Crippen molar-refractivity contribution in [3.8, 4) is 0 Å². The number of nitrogens with zero attached hydrogens (tertiary/aromatic N) is 1. The zero-order valence-corrected chi connectivity index (χ0v) is 14.1. The van der Waals surface area contributed by atoms with Gasteiger partial charge in [-0.1, -0.05) is 0 Å². The molecule has 4 nitrogen and oxygen atoms in total. The zero-order valence-electron chi connectivity index (χ0n) is 11.7. The summed E-state index contributed by atoms with van der Waals surface area (Å²) in [5, 5.41) is 4.35. The van der Waals surface area contributed by atoms with Crippen LogP contribution in [0.2, 0.25) is 0 Å². The molecule has 0 saturated heterocycles. The number of thioether (sulfide) groups is 1. The van der Waals surface area contributed by atoms with Crippen molar-refractivity contribution in [3.63, 3.8) is 0 Å². The summed E-state index contributed by atoms with van der Waals surface area (Å²) in [6.07, 6.45) is 4.77. The molecule has 2 rings (SSSR count). The maximum atomic E-state index is 12.0. The van der Waals surface area contributed by atoms with Gasteiger partial charge in [0.15, 0.2) is 0 Å². The van der Waals surface area contributed by atoms with Gasteiger partial charge in [-0.05, 0) is 54.2 Å². The summed E-state index contributed by atoms with van der Waals surface area (Å²) in [7, 11) is 1.44. The molecule has 1 aromatic rings. The largest absolute Gasteiger partial charge is 0.468 e. The molecule has 1 aliphatic rings. The molecule has 110 valence electrons. The third-order valence-electron chi connectivity index (χ3n) is 3.30. The number of ether oxygens (including phenoxy) is 1. The molecule has 1 heterocycles. The number of halogens is 1. The fraction of sp³-hybridized carbons (Fsp3) is 0.571. The predicted molar refractivity (Wildman–Crippen MR) is 83.9 cm³/mol. The van der Waals surface area contributed by atoms with Crippen LogP contribution in [0.3, 0.4) is 0 Å². The van der Waals surface area contributed by atoms with Crippen molar-refractivity contribution >= 4 is 33.7 Å². The Hall–Kier alpha value is -0.590. The first-order chi connectivity index (χ1) is 9.55. The highest BCUT2D eigenvalue weighted by molar-refractivity contribution is 9.10. The number of carbonyl (C=O) groups excluding carboxylic acids is 1. The van der Waals surface area contributed by atoms with Crippen molar-refractivity contribution in [2.45, 2.75) is 42.8 Å².